The molecule has 2 aliphatic rings. The van der Waals surface area contributed by atoms with Gasteiger partial charge in [0.2, 0.25) is 11.8 Å². The molecule has 1 aromatic carbocycles. The first-order valence-corrected chi connectivity index (χ1v) is 11.9. The third kappa shape index (κ3) is 4.28. The van der Waals surface area contributed by atoms with Gasteiger partial charge in [0.1, 0.15) is 17.6 Å². The molecule has 1 N–H and O–H groups in total. The normalized spacial score (nSPS) is 20.3. The van der Waals surface area contributed by atoms with Crippen molar-refractivity contribution in [2.24, 2.45) is 0 Å². The van der Waals surface area contributed by atoms with E-state index in [0.29, 0.717) is 36.4 Å². The molecule has 1 unspecified atom stereocenters. The number of rotatable bonds is 7. The third-order valence-electron chi connectivity index (χ3n) is 6.93. The maximum atomic E-state index is 15.3. The van der Waals surface area contributed by atoms with Gasteiger partial charge < -0.3 is 14.8 Å². The summed E-state index contributed by atoms with van der Waals surface area (Å²) < 4.78 is 83.8. The monoisotopic (exact) mass is 538 g/mol. The number of fused-ring (bicyclic) bond motifs is 2. The van der Waals surface area contributed by atoms with Crippen molar-refractivity contribution in [1.82, 2.24) is 34.5 Å². The number of likely N-dealkylation sites (tertiary alicyclic amines) is 1. The number of anilines is 1. The number of benzene rings is 1. The number of nitrogens with zero attached hydrogens (tertiary/aromatic N) is 7. The summed E-state index contributed by atoms with van der Waals surface area (Å²) in [5, 5.41) is 14.5. The van der Waals surface area contributed by atoms with Crippen LogP contribution < -0.4 is 10.1 Å². The van der Waals surface area contributed by atoms with Crippen LogP contribution in [0.3, 0.4) is 0 Å². The van der Waals surface area contributed by atoms with Crippen molar-refractivity contribution >= 4 is 22.5 Å². The molecule has 0 saturated carbocycles. The molecular formula is C23H23F5N8O2. The molecule has 4 aromatic rings. The van der Waals surface area contributed by atoms with Crippen LogP contribution in [0.1, 0.15) is 6.42 Å². The Labute approximate surface area is 212 Å². The molecule has 2 aliphatic heterocycles. The van der Waals surface area contributed by atoms with E-state index in [1.54, 1.807) is 11.0 Å². The van der Waals surface area contributed by atoms with Crippen LogP contribution in [0.5, 0.6) is 5.88 Å². The molecule has 3 aromatic heterocycles. The van der Waals surface area contributed by atoms with E-state index < -0.39 is 37.3 Å². The van der Waals surface area contributed by atoms with E-state index in [2.05, 4.69) is 25.7 Å². The van der Waals surface area contributed by atoms with E-state index in [1.807, 2.05) is 0 Å². The standard InChI is InChI=1S/C23H23F5N8O2/c1-37-21-20-19(12-2-3-15-16(6-12)35(33-31-15)8-18(25)26)14(24)7-36(20)32-22(30-21)29-17-4-5-34(11-23(17,27)28)13-9-38-10-13/h2-3,6-7,13,17-18H,4-5,8-11H2,1H3,(H,29,32). The molecule has 2 fully saturated rings. The number of ether oxygens (including phenoxy) is 2. The summed E-state index contributed by atoms with van der Waals surface area (Å²) in [7, 11) is 1.32. The number of methoxy groups -OCH3 is 1. The Balaban J connectivity index is 1.33. The van der Waals surface area contributed by atoms with Crippen LogP contribution in [0.15, 0.2) is 24.4 Å². The average molecular weight is 538 g/mol. The third-order valence-corrected chi connectivity index (χ3v) is 6.93. The second-order valence-electron chi connectivity index (χ2n) is 9.36. The number of hydrogen-bond donors (Lipinski definition) is 1. The highest BCUT2D eigenvalue weighted by Gasteiger charge is 2.47. The molecule has 0 bridgehead atoms. The Morgan fingerprint density at radius 2 is 2.08 bits per heavy atom. The van der Waals surface area contributed by atoms with Gasteiger partial charge in [-0.05, 0) is 24.1 Å². The van der Waals surface area contributed by atoms with Crippen molar-refractivity contribution in [3.05, 3.63) is 30.2 Å². The maximum absolute atomic E-state index is 15.3. The maximum Gasteiger partial charge on any atom is 0.280 e. The van der Waals surface area contributed by atoms with Gasteiger partial charge in [-0.1, -0.05) is 11.3 Å². The zero-order chi connectivity index (χ0) is 26.6. The highest BCUT2D eigenvalue weighted by molar-refractivity contribution is 5.89. The fourth-order valence-electron chi connectivity index (χ4n) is 4.93. The van der Waals surface area contributed by atoms with Gasteiger partial charge in [-0.2, -0.15) is 4.98 Å². The SMILES string of the molecule is COc1nc(NC2CCN(C3COC3)CC2(F)F)nn2cc(F)c(-c3ccc4nnn(CC(F)F)c4c3)c12. The van der Waals surface area contributed by atoms with Crippen molar-refractivity contribution in [3.8, 4) is 17.0 Å². The first-order valence-electron chi connectivity index (χ1n) is 11.9. The second-order valence-corrected chi connectivity index (χ2v) is 9.36. The van der Waals surface area contributed by atoms with Gasteiger partial charge in [0.15, 0.2) is 5.82 Å². The zero-order valence-corrected chi connectivity index (χ0v) is 20.1. The number of alkyl halides is 4. The molecule has 2 saturated heterocycles. The molecule has 1 atom stereocenters. The van der Waals surface area contributed by atoms with Crippen molar-refractivity contribution in [2.45, 2.75) is 37.4 Å². The van der Waals surface area contributed by atoms with Crippen LogP contribution in [0.25, 0.3) is 27.7 Å². The van der Waals surface area contributed by atoms with Crippen molar-refractivity contribution in [1.29, 1.82) is 0 Å². The smallest absolute Gasteiger partial charge is 0.280 e. The van der Waals surface area contributed by atoms with Crippen molar-refractivity contribution < 1.29 is 31.4 Å². The van der Waals surface area contributed by atoms with Crippen LogP contribution in [0.2, 0.25) is 0 Å². The number of nitrogens with one attached hydrogen (secondary N) is 1. The number of aromatic nitrogens is 6. The predicted molar refractivity (Wildman–Crippen MR) is 125 cm³/mol. The van der Waals surface area contributed by atoms with Crippen LogP contribution >= 0.6 is 0 Å². The molecule has 0 amide bonds. The molecule has 6 rings (SSSR count). The molecule has 15 heteroatoms. The Hall–Kier alpha value is -3.59. The van der Waals surface area contributed by atoms with Gasteiger partial charge >= 0.3 is 0 Å². The Bertz CT molecular complexity index is 1490. The van der Waals surface area contributed by atoms with Gasteiger partial charge in [0.05, 0.1) is 56.2 Å². The van der Waals surface area contributed by atoms with Crippen LogP contribution in [-0.2, 0) is 11.3 Å². The summed E-state index contributed by atoms with van der Waals surface area (Å²) in [5.74, 6) is -3.94. The highest BCUT2D eigenvalue weighted by atomic mass is 19.3. The first-order chi connectivity index (χ1) is 18.2. The molecule has 5 heterocycles. The van der Waals surface area contributed by atoms with Gasteiger partial charge in [-0.15, -0.1) is 10.2 Å². The average Bonchev–Trinajstić information content (AvgIpc) is 3.37. The topological polar surface area (TPSA) is 94.6 Å². The second kappa shape index (κ2) is 9.31. The van der Waals surface area contributed by atoms with Crippen LogP contribution in [-0.4, -0.2) is 92.3 Å². The summed E-state index contributed by atoms with van der Waals surface area (Å²) in [5.41, 5.74) is 1.19. The number of hydrogen-bond acceptors (Lipinski definition) is 8. The molecule has 0 aliphatic carbocycles. The van der Waals surface area contributed by atoms with E-state index in [1.165, 1.54) is 19.2 Å². The van der Waals surface area contributed by atoms with E-state index in [0.717, 1.165) is 15.4 Å². The van der Waals surface area contributed by atoms with E-state index in [-0.39, 0.29) is 35.4 Å². The van der Waals surface area contributed by atoms with Gasteiger partial charge in [-0.3, -0.25) is 4.90 Å². The minimum absolute atomic E-state index is 0.000182. The summed E-state index contributed by atoms with van der Waals surface area (Å²) in [6, 6.07) is 3.36. The molecule has 202 valence electrons. The molecule has 0 radical (unpaired) electrons. The van der Waals surface area contributed by atoms with E-state index >= 15 is 4.39 Å². The summed E-state index contributed by atoms with van der Waals surface area (Å²) in [6.07, 6.45) is -1.42. The van der Waals surface area contributed by atoms with Crippen LogP contribution in [0.4, 0.5) is 27.9 Å². The lowest BCUT2D eigenvalue weighted by Crippen LogP contribution is -2.61. The van der Waals surface area contributed by atoms with Gasteiger partial charge in [0.25, 0.3) is 12.3 Å². The fraction of sp³-hybridized carbons (Fsp3) is 0.478. The molecule has 0 spiro atoms. The number of piperidine rings is 1. The fourth-order valence-corrected chi connectivity index (χ4v) is 4.93. The highest BCUT2D eigenvalue weighted by Crippen LogP contribution is 2.36. The first kappa shape index (κ1) is 24.7. The van der Waals surface area contributed by atoms with E-state index in [9.17, 15) is 17.6 Å². The quantitative estimate of drug-likeness (QED) is 0.359. The van der Waals surface area contributed by atoms with Gasteiger partial charge in [-0.25, -0.2) is 31.1 Å². The Morgan fingerprint density at radius 3 is 2.76 bits per heavy atom. The van der Waals surface area contributed by atoms with Gasteiger partial charge in [0, 0.05) is 6.54 Å². The molecule has 10 nitrogen and oxygen atoms in total. The lowest BCUT2D eigenvalue weighted by atomic mass is 9.98. The Kier molecular flexibility index (Phi) is 6.06. The lowest BCUT2D eigenvalue weighted by Gasteiger charge is -2.44. The summed E-state index contributed by atoms with van der Waals surface area (Å²) in [6.45, 7) is 0.274. The minimum atomic E-state index is -3.06. The number of halogens is 5. The molecule has 38 heavy (non-hydrogen) atoms. The lowest BCUT2D eigenvalue weighted by molar-refractivity contribution is -0.131. The summed E-state index contributed by atoms with van der Waals surface area (Å²) in [4.78, 5) is 5.96. The minimum Gasteiger partial charge on any atom is -0.479 e. The van der Waals surface area contributed by atoms with Crippen molar-refractivity contribution in [3.63, 3.8) is 0 Å². The Morgan fingerprint density at radius 1 is 1.26 bits per heavy atom. The van der Waals surface area contributed by atoms with Crippen LogP contribution in [0, 0.1) is 5.82 Å². The summed E-state index contributed by atoms with van der Waals surface area (Å²) >= 11 is 0. The largest absolute Gasteiger partial charge is 0.479 e. The zero-order valence-electron chi connectivity index (χ0n) is 20.1. The van der Waals surface area contributed by atoms with E-state index in [4.69, 9.17) is 9.47 Å². The predicted octanol–water partition coefficient (Wildman–Crippen LogP) is 3.07. The molecular weight excluding hydrogens is 515 g/mol. The van der Waals surface area contributed by atoms with Crippen molar-refractivity contribution in [2.75, 3.05) is 38.7 Å².